The lowest BCUT2D eigenvalue weighted by molar-refractivity contribution is 0.0602. The summed E-state index contributed by atoms with van der Waals surface area (Å²) in [5, 5.41) is 3.30. The van der Waals surface area contributed by atoms with Gasteiger partial charge in [0.1, 0.15) is 5.82 Å². The molecule has 1 fully saturated rings. The Morgan fingerprint density at radius 3 is 2.80 bits per heavy atom. The smallest absolute Gasteiger partial charge is 0.340 e. The van der Waals surface area contributed by atoms with E-state index in [4.69, 9.17) is 10.5 Å². The maximum Gasteiger partial charge on any atom is 0.340 e. The molecule has 0 radical (unpaired) electrons. The molecule has 1 aliphatic rings. The number of nitrogens with one attached hydrogen (secondary N) is 1. The Labute approximate surface area is 119 Å². The summed E-state index contributed by atoms with van der Waals surface area (Å²) in [4.78, 5) is 15.8. The number of esters is 1. The Hall–Kier alpha value is -1.78. The number of pyridine rings is 1. The number of nitrogen functional groups attached to an aromatic ring is 1. The molecule has 5 nitrogen and oxygen atoms in total. The number of aromatic nitrogens is 1. The van der Waals surface area contributed by atoms with Gasteiger partial charge in [-0.2, -0.15) is 0 Å². The van der Waals surface area contributed by atoms with Crippen LogP contribution in [0.5, 0.6) is 0 Å². The summed E-state index contributed by atoms with van der Waals surface area (Å²) in [6.07, 6.45) is 7.90. The normalized spacial score (nSPS) is 17.5. The lowest BCUT2D eigenvalue weighted by atomic mass is 9.76. The molecule has 1 heterocycles. The zero-order valence-corrected chi connectivity index (χ0v) is 12.2. The Balaban J connectivity index is 2.08. The summed E-state index contributed by atoms with van der Waals surface area (Å²) < 4.78 is 4.71. The highest BCUT2D eigenvalue weighted by Gasteiger charge is 2.27. The lowest BCUT2D eigenvalue weighted by Crippen LogP contribution is -2.29. The van der Waals surface area contributed by atoms with Gasteiger partial charge in [-0.05, 0) is 24.3 Å². The molecule has 1 saturated carbocycles. The molecule has 0 atom stereocenters. The number of rotatable bonds is 4. The molecule has 1 aliphatic carbocycles. The van der Waals surface area contributed by atoms with Crippen molar-refractivity contribution in [2.45, 2.75) is 39.0 Å². The molecule has 0 aromatic carbocycles. The Bertz CT molecular complexity index is 482. The van der Waals surface area contributed by atoms with Crippen molar-refractivity contribution in [3.63, 3.8) is 0 Å². The predicted octanol–water partition coefficient (Wildman–Crippen LogP) is 2.83. The van der Waals surface area contributed by atoms with Crippen LogP contribution in [0.1, 0.15) is 49.4 Å². The highest BCUT2D eigenvalue weighted by atomic mass is 16.5. The first-order valence-electron chi connectivity index (χ1n) is 7.12. The number of carbonyl (C=O) groups is 1. The fourth-order valence-corrected chi connectivity index (χ4v) is 2.78. The van der Waals surface area contributed by atoms with E-state index in [1.165, 1.54) is 39.2 Å². The zero-order chi connectivity index (χ0) is 14.6. The maximum atomic E-state index is 11.6. The molecule has 2 rings (SSSR count). The first kappa shape index (κ1) is 14.6. The van der Waals surface area contributed by atoms with Crippen LogP contribution in [0.4, 0.5) is 11.5 Å². The van der Waals surface area contributed by atoms with Gasteiger partial charge >= 0.3 is 5.97 Å². The third kappa shape index (κ3) is 3.21. The Morgan fingerprint density at radius 2 is 2.15 bits per heavy atom. The Morgan fingerprint density at radius 1 is 1.45 bits per heavy atom. The van der Waals surface area contributed by atoms with Gasteiger partial charge in [0.25, 0.3) is 0 Å². The van der Waals surface area contributed by atoms with E-state index in [1.807, 2.05) is 0 Å². The van der Waals surface area contributed by atoms with Crippen LogP contribution in [0.15, 0.2) is 12.3 Å². The van der Waals surface area contributed by atoms with E-state index >= 15 is 0 Å². The molecule has 0 unspecified atom stereocenters. The van der Waals surface area contributed by atoms with Crippen molar-refractivity contribution < 1.29 is 9.53 Å². The third-order valence-corrected chi connectivity index (χ3v) is 4.14. The van der Waals surface area contributed by atoms with Crippen molar-refractivity contribution in [3.8, 4) is 0 Å². The minimum Gasteiger partial charge on any atom is -0.465 e. The van der Waals surface area contributed by atoms with Crippen LogP contribution in [0.3, 0.4) is 0 Å². The van der Waals surface area contributed by atoms with Gasteiger partial charge < -0.3 is 15.8 Å². The molecule has 1 aromatic heterocycles. The SMILES string of the molecule is COC(=O)c1ccnc(NCC2(C)CCCCC2)c1N. The van der Waals surface area contributed by atoms with Crippen molar-refractivity contribution in [3.05, 3.63) is 17.8 Å². The van der Waals surface area contributed by atoms with Gasteiger partial charge in [0, 0.05) is 12.7 Å². The van der Waals surface area contributed by atoms with Gasteiger partial charge in [0.15, 0.2) is 0 Å². The van der Waals surface area contributed by atoms with Crippen LogP contribution in [0.2, 0.25) is 0 Å². The van der Waals surface area contributed by atoms with Crippen LogP contribution in [-0.4, -0.2) is 24.6 Å². The zero-order valence-electron chi connectivity index (χ0n) is 12.2. The van der Waals surface area contributed by atoms with E-state index in [0.29, 0.717) is 17.1 Å². The van der Waals surface area contributed by atoms with Gasteiger partial charge in [0.05, 0.1) is 18.4 Å². The van der Waals surface area contributed by atoms with E-state index in [9.17, 15) is 4.79 Å². The molecule has 20 heavy (non-hydrogen) atoms. The van der Waals surface area contributed by atoms with Crippen molar-refractivity contribution in [2.75, 3.05) is 24.7 Å². The molecule has 1 aromatic rings. The van der Waals surface area contributed by atoms with E-state index in [0.717, 1.165) is 6.54 Å². The minimum absolute atomic E-state index is 0.285. The largest absolute Gasteiger partial charge is 0.465 e. The number of ether oxygens (including phenoxy) is 1. The molecular formula is C15H23N3O2. The van der Waals surface area contributed by atoms with Crippen LogP contribution in [0, 0.1) is 5.41 Å². The summed E-state index contributed by atoms with van der Waals surface area (Å²) >= 11 is 0. The molecule has 0 bridgehead atoms. The topological polar surface area (TPSA) is 77.2 Å². The second-order valence-corrected chi connectivity index (χ2v) is 5.84. The van der Waals surface area contributed by atoms with Crippen LogP contribution in [0.25, 0.3) is 0 Å². The predicted molar refractivity (Wildman–Crippen MR) is 79.7 cm³/mol. The van der Waals surface area contributed by atoms with Crippen LogP contribution >= 0.6 is 0 Å². The fourth-order valence-electron chi connectivity index (χ4n) is 2.78. The summed E-state index contributed by atoms with van der Waals surface area (Å²) in [7, 11) is 1.35. The second-order valence-electron chi connectivity index (χ2n) is 5.84. The van der Waals surface area contributed by atoms with Gasteiger partial charge in [-0.1, -0.05) is 26.2 Å². The van der Waals surface area contributed by atoms with E-state index < -0.39 is 5.97 Å². The summed E-state index contributed by atoms with van der Waals surface area (Å²) in [6.45, 7) is 3.12. The van der Waals surface area contributed by atoms with Crippen LogP contribution in [-0.2, 0) is 4.74 Å². The molecule has 0 saturated heterocycles. The molecule has 5 heteroatoms. The van der Waals surface area contributed by atoms with Gasteiger partial charge in [-0.3, -0.25) is 0 Å². The van der Waals surface area contributed by atoms with Crippen LogP contribution < -0.4 is 11.1 Å². The highest BCUT2D eigenvalue weighted by Crippen LogP contribution is 2.36. The highest BCUT2D eigenvalue weighted by molar-refractivity contribution is 5.97. The molecule has 0 aliphatic heterocycles. The molecule has 0 spiro atoms. The second kappa shape index (κ2) is 6.11. The van der Waals surface area contributed by atoms with Gasteiger partial charge in [0.2, 0.25) is 0 Å². The average Bonchev–Trinajstić information content (AvgIpc) is 2.46. The van der Waals surface area contributed by atoms with Crippen molar-refractivity contribution in [1.29, 1.82) is 0 Å². The number of hydrogen-bond donors (Lipinski definition) is 2. The summed E-state index contributed by atoms with van der Waals surface area (Å²) in [5.74, 6) is 0.136. The van der Waals surface area contributed by atoms with Crippen molar-refractivity contribution in [2.24, 2.45) is 5.41 Å². The number of hydrogen-bond acceptors (Lipinski definition) is 5. The maximum absolute atomic E-state index is 11.6. The molecule has 3 N–H and O–H groups in total. The van der Waals surface area contributed by atoms with Crippen molar-refractivity contribution in [1.82, 2.24) is 4.98 Å². The summed E-state index contributed by atoms with van der Waals surface area (Å²) in [6, 6.07) is 1.58. The number of nitrogens with two attached hydrogens (primary N) is 1. The number of carbonyl (C=O) groups excluding carboxylic acids is 1. The molecule has 0 amide bonds. The number of nitrogens with zero attached hydrogens (tertiary/aromatic N) is 1. The first-order chi connectivity index (χ1) is 9.56. The van der Waals surface area contributed by atoms with Crippen molar-refractivity contribution >= 4 is 17.5 Å². The number of methoxy groups -OCH3 is 1. The monoisotopic (exact) mass is 277 g/mol. The minimum atomic E-state index is -0.433. The van der Waals surface area contributed by atoms with Gasteiger partial charge in [-0.25, -0.2) is 9.78 Å². The lowest BCUT2D eigenvalue weighted by Gasteiger charge is -2.34. The van der Waals surface area contributed by atoms with E-state index in [2.05, 4.69) is 17.2 Å². The number of anilines is 2. The average molecular weight is 277 g/mol. The fraction of sp³-hybridized carbons (Fsp3) is 0.600. The summed E-state index contributed by atoms with van der Waals surface area (Å²) in [5.41, 5.74) is 7.00. The standard InChI is InChI=1S/C15H23N3O2/c1-15(7-4-3-5-8-15)10-18-13-12(16)11(6-9-17-13)14(19)20-2/h6,9H,3-5,7-8,10,16H2,1-2H3,(H,17,18). The third-order valence-electron chi connectivity index (χ3n) is 4.14. The van der Waals surface area contributed by atoms with E-state index in [-0.39, 0.29) is 5.41 Å². The molecular weight excluding hydrogens is 254 g/mol. The first-order valence-corrected chi connectivity index (χ1v) is 7.12. The van der Waals surface area contributed by atoms with E-state index in [1.54, 1.807) is 12.3 Å². The molecule has 110 valence electrons. The quantitative estimate of drug-likeness (QED) is 0.827. The Kier molecular flexibility index (Phi) is 4.47. The van der Waals surface area contributed by atoms with Gasteiger partial charge in [-0.15, -0.1) is 0 Å².